The van der Waals surface area contributed by atoms with E-state index in [9.17, 15) is 13.6 Å². The zero-order chi connectivity index (χ0) is 23.3. The molecule has 1 amide bonds. The van der Waals surface area contributed by atoms with Gasteiger partial charge in [-0.2, -0.15) is 0 Å². The van der Waals surface area contributed by atoms with E-state index >= 15 is 0 Å². The van der Waals surface area contributed by atoms with E-state index in [0.29, 0.717) is 23.6 Å². The van der Waals surface area contributed by atoms with Crippen molar-refractivity contribution in [3.63, 3.8) is 0 Å². The van der Waals surface area contributed by atoms with Gasteiger partial charge in [0.05, 0.1) is 11.4 Å². The molecule has 32 heavy (non-hydrogen) atoms. The van der Waals surface area contributed by atoms with Gasteiger partial charge in [0, 0.05) is 17.1 Å². The fourth-order valence-corrected chi connectivity index (χ4v) is 4.35. The van der Waals surface area contributed by atoms with Crippen molar-refractivity contribution in [2.45, 2.75) is 45.0 Å². The molecule has 1 aromatic heterocycles. The third-order valence-corrected chi connectivity index (χ3v) is 6.27. The Kier molecular flexibility index (Phi) is 8.25. The van der Waals surface area contributed by atoms with Crippen molar-refractivity contribution in [2.75, 3.05) is 11.1 Å². The number of rotatable bonds is 9. The van der Waals surface area contributed by atoms with Crippen molar-refractivity contribution in [2.24, 2.45) is 0 Å². The molecule has 0 aliphatic rings. The Morgan fingerprint density at radius 1 is 1.22 bits per heavy atom. The molecule has 1 atom stereocenters. The van der Waals surface area contributed by atoms with Gasteiger partial charge in [-0.25, -0.2) is 8.78 Å². The number of nitrogens with zero attached hydrogens (tertiary/aromatic N) is 3. The smallest absolute Gasteiger partial charge is 0.234 e. The van der Waals surface area contributed by atoms with Crippen LogP contribution < -0.4 is 10.1 Å². The molecule has 0 aliphatic carbocycles. The van der Waals surface area contributed by atoms with Gasteiger partial charge in [-0.1, -0.05) is 30.8 Å². The van der Waals surface area contributed by atoms with E-state index in [1.165, 1.54) is 17.3 Å². The number of ether oxygens (including phenoxy) is 1. The predicted molar refractivity (Wildman–Crippen MR) is 124 cm³/mol. The summed E-state index contributed by atoms with van der Waals surface area (Å²) in [5.74, 6) is -0.679. The van der Waals surface area contributed by atoms with Gasteiger partial charge >= 0.3 is 0 Å². The number of anilines is 1. The van der Waals surface area contributed by atoms with Crippen LogP contribution in [0.25, 0.3) is 0 Å². The Bertz CT molecular complexity index is 1070. The third-order valence-electron chi connectivity index (χ3n) is 4.67. The summed E-state index contributed by atoms with van der Waals surface area (Å²) in [4.78, 5) is 12.3. The van der Waals surface area contributed by atoms with E-state index in [-0.39, 0.29) is 22.0 Å². The summed E-state index contributed by atoms with van der Waals surface area (Å²) in [7, 11) is 0. The summed E-state index contributed by atoms with van der Waals surface area (Å²) in [5.41, 5.74) is 1.12. The van der Waals surface area contributed by atoms with Gasteiger partial charge in [0.25, 0.3) is 0 Å². The number of hydrogen-bond donors (Lipinski definition) is 1. The van der Waals surface area contributed by atoms with Gasteiger partial charge in [0.1, 0.15) is 11.6 Å². The zero-order valence-electron chi connectivity index (χ0n) is 17.9. The molecule has 0 fully saturated rings. The number of thioether (sulfide) groups is 1. The topological polar surface area (TPSA) is 69.0 Å². The first-order valence-corrected chi connectivity index (χ1v) is 11.9. The zero-order valence-corrected chi connectivity index (χ0v) is 20.3. The largest absolute Gasteiger partial charge is 0.483 e. The van der Waals surface area contributed by atoms with Crippen LogP contribution in [0.5, 0.6) is 5.75 Å². The summed E-state index contributed by atoms with van der Waals surface area (Å²) >= 11 is 4.23. The van der Waals surface area contributed by atoms with E-state index < -0.39 is 17.5 Å². The molecule has 0 saturated carbocycles. The maximum atomic E-state index is 13.9. The minimum Gasteiger partial charge on any atom is -0.483 e. The molecule has 0 unspecified atom stereocenters. The number of nitrogens with one attached hydrogen (secondary N) is 1. The Hall–Kier alpha value is -2.46. The summed E-state index contributed by atoms with van der Waals surface area (Å²) in [6, 6.07) is 9.70. The number of hydrogen-bond acceptors (Lipinski definition) is 5. The molecule has 170 valence electrons. The van der Waals surface area contributed by atoms with E-state index in [1.807, 2.05) is 42.7 Å². The van der Waals surface area contributed by atoms with Gasteiger partial charge in [-0.15, -0.1) is 10.2 Å². The van der Waals surface area contributed by atoms with Gasteiger partial charge in [0.15, 0.2) is 22.9 Å². The maximum Gasteiger partial charge on any atom is 0.234 e. The second-order valence-electron chi connectivity index (χ2n) is 6.92. The summed E-state index contributed by atoms with van der Waals surface area (Å²) in [5, 5.41) is 11.4. The second kappa shape index (κ2) is 10.9. The van der Waals surface area contributed by atoms with E-state index in [4.69, 9.17) is 4.74 Å². The van der Waals surface area contributed by atoms with Crippen LogP contribution >= 0.6 is 27.7 Å². The molecule has 0 radical (unpaired) electrons. The van der Waals surface area contributed by atoms with Crippen LogP contribution in [0.4, 0.5) is 14.5 Å². The molecular weight excluding hydrogens is 502 g/mol. The summed E-state index contributed by atoms with van der Waals surface area (Å²) < 4.78 is 35.2. The van der Waals surface area contributed by atoms with Gasteiger partial charge < -0.3 is 14.6 Å². The average molecular weight is 525 g/mol. The van der Waals surface area contributed by atoms with Gasteiger partial charge in [-0.05, 0) is 60.0 Å². The number of carbonyl (C=O) groups is 1. The van der Waals surface area contributed by atoms with Crippen LogP contribution in [-0.2, 0) is 17.8 Å². The van der Waals surface area contributed by atoms with Crippen LogP contribution in [0.15, 0.2) is 46.0 Å². The third kappa shape index (κ3) is 5.86. The lowest BCUT2D eigenvalue weighted by atomic mass is 10.2. The Balaban J connectivity index is 1.64. The minimum absolute atomic E-state index is 0.0187. The molecular formula is C22H23BrF2N4O2S. The lowest BCUT2D eigenvalue weighted by Crippen LogP contribution is -2.16. The van der Waals surface area contributed by atoms with Crippen molar-refractivity contribution in [3.8, 4) is 5.75 Å². The molecule has 0 saturated heterocycles. The van der Waals surface area contributed by atoms with Crippen molar-refractivity contribution < 1.29 is 18.3 Å². The molecule has 0 bridgehead atoms. The number of halogens is 3. The quantitative estimate of drug-likeness (QED) is 0.359. The number of carbonyl (C=O) groups excluding carboxylic acids is 1. The predicted octanol–water partition coefficient (Wildman–Crippen LogP) is 5.77. The normalized spacial score (nSPS) is 11.9. The Morgan fingerprint density at radius 2 is 1.94 bits per heavy atom. The highest BCUT2D eigenvalue weighted by Crippen LogP contribution is 2.28. The molecule has 1 heterocycles. The first-order chi connectivity index (χ1) is 15.3. The number of benzene rings is 2. The number of aryl methyl sites for hydroxylation is 1. The highest BCUT2D eigenvalue weighted by atomic mass is 79.9. The Morgan fingerprint density at radius 3 is 2.56 bits per heavy atom. The van der Waals surface area contributed by atoms with Crippen LogP contribution in [0.2, 0.25) is 0 Å². The first kappa shape index (κ1) is 24.2. The first-order valence-electron chi connectivity index (χ1n) is 10.1. The van der Waals surface area contributed by atoms with Crippen LogP contribution in [0, 0.1) is 11.6 Å². The van der Waals surface area contributed by atoms with E-state index in [2.05, 4.69) is 38.4 Å². The lowest BCUT2D eigenvalue weighted by molar-refractivity contribution is -0.113. The van der Waals surface area contributed by atoms with Crippen molar-refractivity contribution in [1.29, 1.82) is 0 Å². The molecule has 10 heteroatoms. The SMILES string of the molecule is CCc1ccc(O[C@@H](C)c2nnc(SCC(=O)Nc3c(F)cc(F)cc3Br)n2CC)cc1. The van der Waals surface area contributed by atoms with Crippen molar-refractivity contribution >= 4 is 39.3 Å². The van der Waals surface area contributed by atoms with E-state index in [1.54, 1.807) is 0 Å². The number of amides is 1. The number of aromatic nitrogens is 3. The monoisotopic (exact) mass is 524 g/mol. The standard InChI is InChI=1S/C22H23BrF2N4O2S/c1-4-14-6-8-16(9-7-14)31-13(3)21-27-28-22(29(21)5-2)32-12-19(30)26-20-17(23)10-15(24)11-18(20)25/h6-11,13H,4-5,12H2,1-3H3,(H,26,30)/t13-/m0/s1. The maximum absolute atomic E-state index is 13.9. The molecule has 0 spiro atoms. The molecule has 3 rings (SSSR count). The van der Waals surface area contributed by atoms with Crippen LogP contribution in [0.1, 0.15) is 38.3 Å². The average Bonchev–Trinajstić information content (AvgIpc) is 3.18. The van der Waals surface area contributed by atoms with Gasteiger partial charge in [-0.3, -0.25) is 4.79 Å². The van der Waals surface area contributed by atoms with Crippen molar-refractivity contribution in [1.82, 2.24) is 14.8 Å². The van der Waals surface area contributed by atoms with Crippen LogP contribution in [0.3, 0.4) is 0 Å². The summed E-state index contributed by atoms with van der Waals surface area (Å²) in [6.07, 6.45) is 0.612. The summed E-state index contributed by atoms with van der Waals surface area (Å²) in [6.45, 7) is 6.52. The minimum atomic E-state index is -0.854. The molecule has 1 N–H and O–H groups in total. The fourth-order valence-electron chi connectivity index (χ4n) is 3.03. The highest BCUT2D eigenvalue weighted by molar-refractivity contribution is 9.10. The highest BCUT2D eigenvalue weighted by Gasteiger charge is 2.20. The van der Waals surface area contributed by atoms with Crippen molar-refractivity contribution in [3.05, 3.63) is 63.9 Å². The molecule has 3 aromatic rings. The lowest BCUT2D eigenvalue weighted by Gasteiger charge is -2.16. The van der Waals surface area contributed by atoms with E-state index in [0.717, 1.165) is 18.2 Å². The Labute approximate surface area is 197 Å². The fraction of sp³-hybridized carbons (Fsp3) is 0.318. The molecule has 6 nitrogen and oxygen atoms in total. The molecule has 0 aliphatic heterocycles. The van der Waals surface area contributed by atoms with Gasteiger partial charge in [0.2, 0.25) is 5.91 Å². The van der Waals surface area contributed by atoms with Crippen LogP contribution in [-0.4, -0.2) is 26.4 Å². The molecule has 2 aromatic carbocycles. The second-order valence-corrected chi connectivity index (χ2v) is 8.72.